The molecule has 3 aromatic rings. The van der Waals surface area contributed by atoms with Gasteiger partial charge in [-0.15, -0.1) is 0 Å². The van der Waals surface area contributed by atoms with Gasteiger partial charge in [-0.3, -0.25) is 0 Å². The maximum atomic E-state index is 13.1. The first-order valence-electron chi connectivity index (χ1n) is 7.57. The van der Waals surface area contributed by atoms with Crippen molar-refractivity contribution >= 4 is 38.5 Å². The summed E-state index contributed by atoms with van der Waals surface area (Å²) < 4.78 is 32.2. The number of carbonyl (C=O) groups excluding carboxylic acids is 1. The Labute approximate surface area is 150 Å². The van der Waals surface area contributed by atoms with Crippen LogP contribution in [0.25, 0.3) is 10.9 Å². The molecule has 5 nitrogen and oxygen atoms in total. The van der Waals surface area contributed by atoms with E-state index >= 15 is 0 Å². The summed E-state index contributed by atoms with van der Waals surface area (Å²) in [6.45, 7) is 3.64. The number of aryl methyl sites for hydroxylation is 1. The molecule has 129 valence electrons. The monoisotopic (exact) mass is 376 g/mol. The van der Waals surface area contributed by atoms with E-state index < -0.39 is 16.0 Å². The second-order valence-electron chi connectivity index (χ2n) is 5.44. The molecule has 0 aliphatic rings. The van der Waals surface area contributed by atoms with Crippen molar-refractivity contribution in [3.63, 3.8) is 0 Å². The number of benzene rings is 2. The topological polar surface area (TPSA) is 65.4 Å². The number of rotatable bonds is 4. The average Bonchev–Trinajstić information content (AvgIpc) is 2.94. The van der Waals surface area contributed by atoms with Crippen molar-refractivity contribution in [2.24, 2.45) is 0 Å². The summed E-state index contributed by atoms with van der Waals surface area (Å²) in [5.74, 6) is -0.759. The number of ether oxygens (including phenoxy) is 1. The Morgan fingerprint density at radius 3 is 2.52 bits per heavy atom. The Balaban J connectivity index is 2.31. The fraction of sp³-hybridized carbons (Fsp3) is 0.167. The lowest BCUT2D eigenvalue weighted by atomic mass is 10.2. The summed E-state index contributed by atoms with van der Waals surface area (Å²) in [5, 5.41) is 0.843. The van der Waals surface area contributed by atoms with E-state index in [1.807, 2.05) is 6.92 Å². The molecule has 0 saturated heterocycles. The smallest absolute Gasteiger partial charge is 0.356 e. The highest BCUT2D eigenvalue weighted by Gasteiger charge is 2.27. The van der Waals surface area contributed by atoms with Gasteiger partial charge in [-0.05, 0) is 44.2 Å². The summed E-state index contributed by atoms with van der Waals surface area (Å²) >= 11 is 5.97. The van der Waals surface area contributed by atoms with Crippen molar-refractivity contribution < 1.29 is 17.9 Å². The molecule has 0 fully saturated rings. The number of aromatic nitrogens is 1. The molecule has 0 N–H and O–H groups in total. The van der Waals surface area contributed by atoms with Gasteiger partial charge in [-0.25, -0.2) is 17.2 Å². The van der Waals surface area contributed by atoms with Gasteiger partial charge in [0.1, 0.15) is 0 Å². The van der Waals surface area contributed by atoms with Crippen LogP contribution in [0.1, 0.15) is 23.0 Å². The molecule has 1 radical (unpaired) electrons. The third kappa shape index (κ3) is 3.15. The molecule has 0 aliphatic carbocycles. The van der Waals surface area contributed by atoms with Crippen LogP contribution in [0.3, 0.4) is 0 Å². The number of esters is 1. The van der Waals surface area contributed by atoms with Gasteiger partial charge in [-0.1, -0.05) is 29.3 Å². The zero-order valence-corrected chi connectivity index (χ0v) is 15.2. The third-order valence-corrected chi connectivity index (χ3v) is 5.62. The number of nitrogens with zero attached hydrogens (tertiary/aromatic N) is 1. The Bertz CT molecular complexity index is 1050. The van der Waals surface area contributed by atoms with Crippen LogP contribution < -0.4 is 0 Å². The Morgan fingerprint density at radius 2 is 1.88 bits per heavy atom. The van der Waals surface area contributed by atoms with Crippen LogP contribution in [0.5, 0.6) is 0 Å². The van der Waals surface area contributed by atoms with Crippen LogP contribution in [0.4, 0.5) is 0 Å². The van der Waals surface area contributed by atoms with Gasteiger partial charge in [0.2, 0.25) is 0 Å². The molecule has 0 amide bonds. The quantitative estimate of drug-likeness (QED) is 0.649. The zero-order valence-electron chi connectivity index (χ0n) is 13.6. The third-order valence-electron chi connectivity index (χ3n) is 3.66. The fourth-order valence-corrected chi connectivity index (χ4v) is 4.12. The largest absolute Gasteiger partial charge is 0.461 e. The summed E-state index contributed by atoms with van der Waals surface area (Å²) in [5.41, 5.74) is 1.06. The van der Waals surface area contributed by atoms with Gasteiger partial charge in [0.25, 0.3) is 10.0 Å². The normalized spacial score (nSPS) is 11.6. The van der Waals surface area contributed by atoms with Crippen molar-refractivity contribution in [2.75, 3.05) is 6.61 Å². The summed E-state index contributed by atoms with van der Waals surface area (Å²) in [7, 11) is -4.00. The van der Waals surface area contributed by atoms with Crippen molar-refractivity contribution in [1.82, 2.24) is 3.97 Å². The minimum absolute atomic E-state index is 0.0736. The number of carbonyl (C=O) groups is 1. The second-order valence-corrected chi connectivity index (χ2v) is 7.66. The molecule has 1 aromatic heterocycles. The highest BCUT2D eigenvalue weighted by molar-refractivity contribution is 7.90. The lowest BCUT2D eigenvalue weighted by Crippen LogP contribution is -2.20. The molecule has 2 aromatic carbocycles. The Kier molecular flexibility index (Phi) is 4.58. The molecule has 0 saturated carbocycles. The van der Waals surface area contributed by atoms with Crippen LogP contribution in [0.2, 0.25) is 5.02 Å². The number of hydrogen-bond donors (Lipinski definition) is 0. The van der Waals surface area contributed by atoms with Crippen molar-refractivity contribution in [3.05, 3.63) is 64.8 Å². The van der Waals surface area contributed by atoms with E-state index in [0.29, 0.717) is 15.9 Å². The fourth-order valence-electron chi connectivity index (χ4n) is 2.48. The van der Waals surface area contributed by atoms with E-state index in [-0.39, 0.29) is 17.2 Å². The van der Waals surface area contributed by atoms with Crippen LogP contribution in [-0.2, 0) is 14.8 Å². The van der Waals surface area contributed by atoms with Gasteiger partial charge < -0.3 is 4.74 Å². The number of fused-ring (bicyclic) bond motifs is 1. The van der Waals surface area contributed by atoms with Crippen molar-refractivity contribution in [2.45, 2.75) is 18.7 Å². The zero-order chi connectivity index (χ0) is 18.2. The summed E-state index contributed by atoms with van der Waals surface area (Å²) in [6.07, 6.45) is 0. The highest BCUT2D eigenvalue weighted by atomic mass is 35.5. The van der Waals surface area contributed by atoms with Crippen LogP contribution >= 0.6 is 11.6 Å². The van der Waals surface area contributed by atoms with Crippen LogP contribution in [0, 0.1) is 13.0 Å². The van der Waals surface area contributed by atoms with E-state index in [1.165, 1.54) is 12.1 Å². The maximum Gasteiger partial charge on any atom is 0.356 e. The van der Waals surface area contributed by atoms with Crippen LogP contribution in [-0.4, -0.2) is 25.0 Å². The van der Waals surface area contributed by atoms with E-state index in [1.54, 1.807) is 37.3 Å². The average molecular weight is 377 g/mol. The van der Waals surface area contributed by atoms with E-state index in [0.717, 1.165) is 9.54 Å². The Morgan fingerprint density at radius 1 is 1.20 bits per heavy atom. The van der Waals surface area contributed by atoms with Crippen molar-refractivity contribution in [3.8, 4) is 0 Å². The summed E-state index contributed by atoms with van der Waals surface area (Å²) in [6, 6.07) is 13.9. The van der Waals surface area contributed by atoms with Crippen molar-refractivity contribution in [1.29, 1.82) is 0 Å². The molecule has 1 heterocycles. The highest BCUT2D eigenvalue weighted by Crippen LogP contribution is 2.28. The Hall–Kier alpha value is -2.31. The minimum Gasteiger partial charge on any atom is -0.461 e. The van der Waals surface area contributed by atoms with E-state index in [2.05, 4.69) is 6.07 Å². The van der Waals surface area contributed by atoms with Gasteiger partial charge >= 0.3 is 5.97 Å². The predicted octanol–water partition coefficient (Wildman–Crippen LogP) is 3.82. The summed E-state index contributed by atoms with van der Waals surface area (Å²) in [4.78, 5) is 12.4. The van der Waals surface area contributed by atoms with Gasteiger partial charge in [0.05, 0.1) is 17.0 Å². The van der Waals surface area contributed by atoms with Gasteiger partial charge in [0.15, 0.2) is 5.69 Å². The molecule has 0 unspecified atom stereocenters. The molecular weight excluding hydrogens is 362 g/mol. The second kappa shape index (κ2) is 6.54. The first-order valence-corrected chi connectivity index (χ1v) is 9.39. The van der Waals surface area contributed by atoms with Crippen LogP contribution in [0.15, 0.2) is 47.4 Å². The lowest BCUT2D eigenvalue weighted by molar-refractivity contribution is 0.0518. The van der Waals surface area contributed by atoms with E-state index in [9.17, 15) is 13.2 Å². The predicted molar refractivity (Wildman–Crippen MR) is 95.5 cm³/mol. The first kappa shape index (κ1) is 17.5. The SMILES string of the molecule is CCOC(=O)c1[c]c2cc(Cl)ccc2n1S(=O)(=O)c1ccc(C)cc1. The molecular formula is C18H15ClNO4S. The standard InChI is InChI=1S/C18H15ClNO4S/c1-3-24-18(21)17-11-13-10-14(19)6-9-16(13)20(17)25(22,23)15-7-4-12(2)5-8-15/h4-10H,3H2,1-2H3. The molecule has 0 aliphatic heterocycles. The number of halogens is 1. The maximum absolute atomic E-state index is 13.1. The molecule has 0 bridgehead atoms. The first-order chi connectivity index (χ1) is 11.8. The lowest BCUT2D eigenvalue weighted by Gasteiger charge is -2.11. The van der Waals surface area contributed by atoms with Gasteiger partial charge in [0, 0.05) is 16.5 Å². The molecule has 0 spiro atoms. The molecule has 0 atom stereocenters. The minimum atomic E-state index is -4.00. The number of hydrogen-bond acceptors (Lipinski definition) is 4. The molecule has 7 heteroatoms. The molecule has 3 rings (SSSR count). The van der Waals surface area contributed by atoms with Gasteiger partial charge in [-0.2, -0.15) is 0 Å². The van der Waals surface area contributed by atoms with E-state index in [4.69, 9.17) is 16.3 Å². The molecule has 25 heavy (non-hydrogen) atoms.